The van der Waals surface area contributed by atoms with Crippen molar-refractivity contribution in [2.24, 2.45) is 0 Å². The molecule has 64 valence electrons. The van der Waals surface area contributed by atoms with Gasteiger partial charge in [0.05, 0.1) is 12.3 Å². The predicted octanol–water partition coefficient (Wildman–Crippen LogP) is -0.389. The Morgan fingerprint density at radius 3 is 2.64 bits per heavy atom. The summed E-state index contributed by atoms with van der Waals surface area (Å²) < 4.78 is 23.5. The van der Waals surface area contributed by atoms with E-state index in [-0.39, 0.29) is 24.5 Å². The number of carbonyl (C=O) groups excluding carboxylic acids is 1. The SMILES string of the molecule is CCN1CC(=O)CCS1(=O)=O. The lowest BCUT2D eigenvalue weighted by Gasteiger charge is -2.23. The number of hydrogen-bond donors (Lipinski definition) is 0. The molecular weight excluding hydrogens is 166 g/mol. The van der Waals surface area contributed by atoms with Crippen molar-refractivity contribution in [2.45, 2.75) is 13.3 Å². The summed E-state index contributed by atoms with van der Waals surface area (Å²) in [4.78, 5) is 10.8. The fraction of sp³-hybridized carbons (Fsp3) is 0.833. The largest absolute Gasteiger partial charge is 0.298 e. The van der Waals surface area contributed by atoms with Crippen LogP contribution in [0.15, 0.2) is 0 Å². The van der Waals surface area contributed by atoms with Crippen molar-refractivity contribution < 1.29 is 13.2 Å². The highest BCUT2D eigenvalue weighted by atomic mass is 32.2. The first kappa shape index (κ1) is 8.67. The van der Waals surface area contributed by atoms with Crippen molar-refractivity contribution in [3.05, 3.63) is 0 Å². The number of hydrogen-bond acceptors (Lipinski definition) is 3. The minimum absolute atomic E-state index is 0.0142. The highest BCUT2D eigenvalue weighted by molar-refractivity contribution is 7.89. The quantitative estimate of drug-likeness (QED) is 0.548. The second kappa shape index (κ2) is 2.91. The van der Waals surface area contributed by atoms with Gasteiger partial charge in [0.15, 0.2) is 0 Å². The molecule has 1 aliphatic rings. The van der Waals surface area contributed by atoms with Crippen LogP contribution < -0.4 is 0 Å². The molecule has 4 nitrogen and oxygen atoms in total. The smallest absolute Gasteiger partial charge is 0.214 e. The van der Waals surface area contributed by atoms with Gasteiger partial charge in [0, 0.05) is 13.0 Å². The van der Waals surface area contributed by atoms with Crippen molar-refractivity contribution in [3.63, 3.8) is 0 Å². The van der Waals surface area contributed by atoms with Crippen LogP contribution in [0, 0.1) is 0 Å². The summed E-state index contributed by atoms with van der Waals surface area (Å²) in [6, 6.07) is 0. The van der Waals surface area contributed by atoms with E-state index in [4.69, 9.17) is 0 Å². The normalized spacial score (nSPS) is 25.4. The number of ketones is 1. The minimum atomic E-state index is -3.09. The number of rotatable bonds is 1. The Morgan fingerprint density at radius 2 is 2.18 bits per heavy atom. The number of carbonyl (C=O) groups is 1. The fourth-order valence-electron chi connectivity index (χ4n) is 1.05. The Morgan fingerprint density at radius 1 is 1.55 bits per heavy atom. The summed E-state index contributed by atoms with van der Waals surface area (Å²) in [5.41, 5.74) is 0. The van der Waals surface area contributed by atoms with Crippen LogP contribution in [0.1, 0.15) is 13.3 Å². The van der Waals surface area contributed by atoms with Crippen molar-refractivity contribution in [1.82, 2.24) is 4.31 Å². The zero-order chi connectivity index (χ0) is 8.48. The summed E-state index contributed by atoms with van der Waals surface area (Å²) in [5.74, 6) is 0.00123. The van der Waals surface area contributed by atoms with E-state index in [1.165, 1.54) is 4.31 Å². The van der Waals surface area contributed by atoms with Gasteiger partial charge < -0.3 is 0 Å². The van der Waals surface area contributed by atoms with Crippen LogP contribution >= 0.6 is 0 Å². The molecule has 0 N–H and O–H groups in total. The van der Waals surface area contributed by atoms with Crippen LogP contribution in [0.5, 0.6) is 0 Å². The molecule has 1 saturated heterocycles. The molecule has 11 heavy (non-hydrogen) atoms. The minimum Gasteiger partial charge on any atom is -0.298 e. The molecule has 0 aromatic rings. The van der Waals surface area contributed by atoms with Gasteiger partial charge in [0.1, 0.15) is 5.78 Å². The van der Waals surface area contributed by atoms with Crippen molar-refractivity contribution >= 4 is 15.8 Å². The maximum atomic E-state index is 11.1. The summed E-state index contributed by atoms with van der Waals surface area (Å²) in [6.07, 6.45) is 0.179. The Kier molecular flexibility index (Phi) is 2.29. The van der Waals surface area contributed by atoms with E-state index in [1.54, 1.807) is 6.92 Å². The fourth-order valence-corrected chi connectivity index (χ4v) is 2.53. The summed E-state index contributed by atoms with van der Waals surface area (Å²) in [7, 11) is -3.09. The Bertz CT molecular complexity index is 257. The summed E-state index contributed by atoms with van der Waals surface area (Å²) in [5, 5.41) is 0. The Balaban J connectivity index is 2.80. The third-order valence-electron chi connectivity index (χ3n) is 1.74. The van der Waals surface area contributed by atoms with Crippen LogP contribution in [0.4, 0.5) is 0 Å². The first-order valence-electron chi connectivity index (χ1n) is 3.56. The van der Waals surface area contributed by atoms with Crippen LogP contribution in [0.3, 0.4) is 0 Å². The predicted molar refractivity (Wildman–Crippen MR) is 40.7 cm³/mol. The van der Waals surface area contributed by atoms with Crippen molar-refractivity contribution in [2.75, 3.05) is 18.8 Å². The molecule has 5 heteroatoms. The zero-order valence-electron chi connectivity index (χ0n) is 6.41. The molecule has 0 aromatic heterocycles. The monoisotopic (exact) mass is 177 g/mol. The molecule has 0 radical (unpaired) electrons. The van der Waals surface area contributed by atoms with Crippen molar-refractivity contribution in [3.8, 4) is 0 Å². The maximum absolute atomic E-state index is 11.1. The van der Waals surface area contributed by atoms with E-state index < -0.39 is 10.0 Å². The zero-order valence-corrected chi connectivity index (χ0v) is 7.23. The molecule has 1 aliphatic heterocycles. The highest BCUT2D eigenvalue weighted by Gasteiger charge is 2.28. The molecule has 0 saturated carbocycles. The average molecular weight is 177 g/mol. The van der Waals surface area contributed by atoms with Gasteiger partial charge in [0.2, 0.25) is 10.0 Å². The van der Waals surface area contributed by atoms with E-state index in [0.29, 0.717) is 6.54 Å². The summed E-state index contributed by atoms with van der Waals surface area (Å²) >= 11 is 0. The number of nitrogens with zero attached hydrogens (tertiary/aromatic N) is 1. The van der Waals surface area contributed by atoms with E-state index in [1.807, 2.05) is 0 Å². The summed E-state index contributed by atoms with van der Waals surface area (Å²) in [6.45, 7) is 2.20. The third kappa shape index (κ3) is 1.78. The molecule has 1 heterocycles. The van der Waals surface area contributed by atoms with Crippen LogP contribution in [-0.2, 0) is 14.8 Å². The maximum Gasteiger partial charge on any atom is 0.214 e. The van der Waals surface area contributed by atoms with Gasteiger partial charge >= 0.3 is 0 Å². The standard InChI is InChI=1S/C6H11NO3S/c1-2-7-5-6(8)3-4-11(7,9)10/h2-5H2,1H3. The molecule has 0 unspecified atom stereocenters. The molecule has 0 aromatic carbocycles. The topological polar surface area (TPSA) is 54.5 Å². The number of Topliss-reactive ketones (excluding diaryl/α,β-unsaturated/α-hetero) is 1. The average Bonchev–Trinajstić information content (AvgIpc) is 1.94. The van der Waals surface area contributed by atoms with E-state index in [2.05, 4.69) is 0 Å². The molecule has 1 rings (SSSR count). The molecule has 0 bridgehead atoms. The van der Waals surface area contributed by atoms with Gasteiger partial charge in [-0.15, -0.1) is 0 Å². The molecule has 0 spiro atoms. The Labute approximate surface area is 66.2 Å². The van der Waals surface area contributed by atoms with Gasteiger partial charge in [-0.2, -0.15) is 4.31 Å². The lowest BCUT2D eigenvalue weighted by molar-refractivity contribution is -0.119. The lowest BCUT2D eigenvalue weighted by atomic mass is 10.3. The van der Waals surface area contributed by atoms with Gasteiger partial charge in [-0.05, 0) is 0 Å². The van der Waals surface area contributed by atoms with E-state index >= 15 is 0 Å². The van der Waals surface area contributed by atoms with Gasteiger partial charge in [-0.1, -0.05) is 6.92 Å². The molecule has 0 amide bonds. The second-order valence-corrected chi connectivity index (χ2v) is 4.62. The first-order chi connectivity index (χ1) is 5.06. The van der Waals surface area contributed by atoms with Gasteiger partial charge in [-0.3, -0.25) is 4.79 Å². The second-order valence-electron chi connectivity index (χ2n) is 2.53. The highest BCUT2D eigenvalue weighted by Crippen LogP contribution is 2.09. The van der Waals surface area contributed by atoms with Crippen LogP contribution in [0.25, 0.3) is 0 Å². The molecule has 1 fully saturated rings. The molecular formula is C6H11NO3S. The number of sulfonamides is 1. The van der Waals surface area contributed by atoms with E-state index in [0.717, 1.165) is 0 Å². The van der Waals surface area contributed by atoms with Crippen LogP contribution in [-0.4, -0.2) is 37.3 Å². The molecule has 0 atom stereocenters. The van der Waals surface area contributed by atoms with Crippen LogP contribution in [0.2, 0.25) is 0 Å². The van der Waals surface area contributed by atoms with Gasteiger partial charge in [-0.25, -0.2) is 8.42 Å². The molecule has 0 aliphatic carbocycles. The Hall–Kier alpha value is -0.420. The first-order valence-corrected chi connectivity index (χ1v) is 5.16. The van der Waals surface area contributed by atoms with Gasteiger partial charge in [0.25, 0.3) is 0 Å². The number of likely N-dealkylation sites (N-methyl/N-ethyl adjacent to an activating group) is 1. The van der Waals surface area contributed by atoms with E-state index in [9.17, 15) is 13.2 Å². The lowest BCUT2D eigenvalue weighted by Crippen LogP contribution is -2.42. The van der Waals surface area contributed by atoms with Crippen molar-refractivity contribution in [1.29, 1.82) is 0 Å². The third-order valence-corrected chi connectivity index (χ3v) is 3.63.